The van der Waals surface area contributed by atoms with Gasteiger partial charge in [0.15, 0.2) is 0 Å². The van der Waals surface area contributed by atoms with Crippen LogP contribution in [0.1, 0.15) is 58.3 Å². The topological polar surface area (TPSA) is 43.9 Å². The van der Waals surface area contributed by atoms with Gasteiger partial charge < -0.3 is 14.7 Å². The van der Waals surface area contributed by atoms with Gasteiger partial charge in [0.05, 0.1) is 21.1 Å². The van der Waals surface area contributed by atoms with Crippen LogP contribution in [0.3, 0.4) is 0 Å². The van der Waals surface area contributed by atoms with Gasteiger partial charge in [-0.2, -0.15) is 26.3 Å². The summed E-state index contributed by atoms with van der Waals surface area (Å²) in [5, 5.41) is 0.327. The number of benzene rings is 3. The van der Waals surface area contributed by atoms with Crippen molar-refractivity contribution in [2.24, 2.45) is 0 Å². The largest absolute Gasteiger partial charge is 0.416 e. The third kappa shape index (κ3) is 8.18. The van der Waals surface area contributed by atoms with Gasteiger partial charge in [-0.25, -0.2) is 0 Å². The molecule has 1 saturated heterocycles. The van der Waals surface area contributed by atoms with Gasteiger partial charge in [0.2, 0.25) is 5.91 Å². The molecule has 2 aliphatic heterocycles. The molecule has 0 unspecified atom stereocenters. The zero-order valence-corrected chi connectivity index (χ0v) is 29.1. The van der Waals surface area contributed by atoms with Crippen LogP contribution in [0.4, 0.5) is 26.3 Å². The average Bonchev–Trinajstić information content (AvgIpc) is 3.41. The fourth-order valence-corrected chi connectivity index (χ4v) is 8.63. The molecule has 0 bridgehead atoms. The minimum atomic E-state index is -4.76. The van der Waals surface area contributed by atoms with Gasteiger partial charge in [-0.1, -0.05) is 53.5 Å². The second kappa shape index (κ2) is 14.4. The number of hydrogen-bond donors (Lipinski definition) is 0. The molecule has 3 aromatic carbocycles. The molecule has 1 spiro atoms. The van der Waals surface area contributed by atoms with Crippen LogP contribution in [-0.4, -0.2) is 73.0 Å². The Bertz CT molecular complexity index is 1680. The highest BCUT2D eigenvalue weighted by molar-refractivity contribution is 7.99. The zero-order valence-electron chi connectivity index (χ0n) is 26.8. The van der Waals surface area contributed by atoms with Crippen molar-refractivity contribution >= 4 is 46.8 Å². The minimum absolute atomic E-state index is 0.00649. The zero-order chi connectivity index (χ0) is 35.8. The van der Waals surface area contributed by atoms with Crippen LogP contribution in [0, 0.1) is 0 Å². The predicted molar refractivity (Wildman–Crippen MR) is 180 cm³/mol. The monoisotopic (exact) mass is 745 g/mol. The van der Waals surface area contributed by atoms with Crippen molar-refractivity contribution in [3.8, 4) is 0 Å². The molecular weight excluding hydrogens is 711 g/mol. The summed E-state index contributed by atoms with van der Waals surface area (Å²) in [6.45, 7) is 1.48. The van der Waals surface area contributed by atoms with E-state index in [1.807, 2.05) is 23.9 Å². The second-order valence-electron chi connectivity index (χ2n) is 12.7. The number of rotatable bonds is 9. The van der Waals surface area contributed by atoms with Crippen molar-refractivity contribution in [3.63, 3.8) is 0 Å². The number of alkyl halides is 6. The lowest BCUT2D eigenvalue weighted by molar-refractivity contribution is -0.161. The molecule has 0 saturated carbocycles. The molecule has 0 N–H and O–H groups in total. The van der Waals surface area contributed by atoms with Gasteiger partial charge in [0, 0.05) is 43.2 Å². The molecule has 1 fully saturated rings. The lowest BCUT2D eigenvalue weighted by atomic mass is 9.82. The standard InChI is InChI=1S/C35H35Cl2F6N3O2S/c1-44(30(47)20-34(38,39)40)22-32(26-11-12-28(36)29(37)19-26,45(2)31(48)23-7-9-25(10-8-23)35(41,42)43)13-16-46-17-14-33(15-18-46)27-6-4-3-5-24(27)21-49-33/h3-12,19H,13-18,20-22H2,1-2H3/t32-/m1/s1. The van der Waals surface area contributed by atoms with E-state index in [-0.39, 0.29) is 33.3 Å². The lowest BCUT2D eigenvalue weighted by Gasteiger charge is -2.47. The van der Waals surface area contributed by atoms with Crippen molar-refractivity contribution in [3.05, 3.63) is 105 Å². The second-order valence-corrected chi connectivity index (χ2v) is 14.8. The number of thioether (sulfide) groups is 1. The summed E-state index contributed by atoms with van der Waals surface area (Å²) in [6, 6.07) is 16.7. The molecule has 49 heavy (non-hydrogen) atoms. The average molecular weight is 747 g/mol. The van der Waals surface area contributed by atoms with E-state index in [9.17, 15) is 35.9 Å². The van der Waals surface area contributed by atoms with Gasteiger partial charge in [0.25, 0.3) is 5.91 Å². The van der Waals surface area contributed by atoms with E-state index >= 15 is 0 Å². The molecule has 2 aliphatic rings. The van der Waals surface area contributed by atoms with Gasteiger partial charge in [-0.15, -0.1) is 11.8 Å². The summed E-state index contributed by atoms with van der Waals surface area (Å²) in [7, 11) is 2.66. The molecular formula is C35H35Cl2F6N3O2S. The first-order valence-corrected chi connectivity index (χ1v) is 17.3. The number of nitrogens with zero attached hydrogens (tertiary/aromatic N) is 3. The summed E-state index contributed by atoms with van der Waals surface area (Å²) in [5.74, 6) is -0.955. The Kier molecular flexibility index (Phi) is 10.9. The van der Waals surface area contributed by atoms with Crippen molar-refractivity contribution in [2.75, 3.05) is 40.3 Å². The SMILES string of the molecule is CN(C[C@](CCN1CCC2(CC1)SCc1ccccc12)(c1ccc(Cl)c(Cl)c1)N(C)C(=O)c1ccc(C(F)(F)F)cc1)C(=O)CC(F)(F)F. The maximum absolute atomic E-state index is 14.1. The van der Waals surface area contributed by atoms with Gasteiger partial charge in [-0.3, -0.25) is 9.59 Å². The number of likely N-dealkylation sites (tertiary alicyclic amines) is 1. The molecule has 14 heteroatoms. The molecule has 2 amide bonds. The molecule has 0 radical (unpaired) electrons. The van der Waals surface area contributed by atoms with Gasteiger partial charge in [-0.05, 0) is 85.4 Å². The third-order valence-electron chi connectivity index (χ3n) is 9.66. The Morgan fingerprint density at radius 3 is 2.12 bits per heavy atom. The summed E-state index contributed by atoms with van der Waals surface area (Å²) >= 11 is 14.6. The lowest BCUT2D eigenvalue weighted by Crippen LogP contribution is -2.56. The van der Waals surface area contributed by atoms with E-state index in [2.05, 4.69) is 17.0 Å². The number of piperidine rings is 1. The van der Waals surface area contributed by atoms with Crippen molar-refractivity contribution in [2.45, 2.75) is 54.1 Å². The maximum Gasteiger partial charge on any atom is 0.416 e. The number of amides is 2. The molecule has 5 rings (SSSR count). The van der Waals surface area contributed by atoms with E-state index in [1.165, 1.54) is 42.3 Å². The molecule has 3 aromatic rings. The minimum Gasteiger partial charge on any atom is -0.343 e. The van der Waals surface area contributed by atoms with Crippen LogP contribution in [0.15, 0.2) is 66.7 Å². The van der Waals surface area contributed by atoms with E-state index < -0.39 is 41.7 Å². The Balaban J connectivity index is 1.49. The van der Waals surface area contributed by atoms with Crippen LogP contribution in [-0.2, 0) is 27.0 Å². The number of hydrogen-bond acceptors (Lipinski definition) is 4. The number of carbonyl (C=O) groups is 2. The molecule has 0 aliphatic carbocycles. The van der Waals surface area contributed by atoms with Crippen LogP contribution < -0.4 is 0 Å². The van der Waals surface area contributed by atoms with E-state index in [4.69, 9.17) is 23.2 Å². The molecule has 5 nitrogen and oxygen atoms in total. The summed E-state index contributed by atoms with van der Waals surface area (Å²) in [6.07, 6.45) is -9.18. The van der Waals surface area contributed by atoms with Crippen LogP contribution in [0.25, 0.3) is 0 Å². The highest BCUT2D eigenvalue weighted by atomic mass is 35.5. The van der Waals surface area contributed by atoms with E-state index in [1.54, 1.807) is 6.07 Å². The first-order valence-electron chi connectivity index (χ1n) is 15.6. The Morgan fingerprint density at radius 1 is 0.878 bits per heavy atom. The highest BCUT2D eigenvalue weighted by Crippen LogP contribution is 2.53. The van der Waals surface area contributed by atoms with Crippen molar-refractivity contribution in [1.29, 1.82) is 0 Å². The smallest absolute Gasteiger partial charge is 0.343 e. The van der Waals surface area contributed by atoms with Crippen molar-refractivity contribution in [1.82, 2.24) is 14.7 Å². The number of carbonyl (C=O) groups excluding carboxylic acids is 2. The first-order chi connectivity index (χ1) is 22.9. The van der Waals surface area contributed by atoms with Gasteiger partial charge in [0.1, 0.15) is 6.42 Å². The normalized spacial score (nSPS) is 17.4. The quantitative estimate of drug-likeness (QED) is 0.205. The number of likely N-dealkylation sites (N-methyl/N-ethyl adjacent to an activating group) is 2. The summed E-state index contributed by atoms with van der Waals surface area (Å²) in [5.41, 5.74) is 0.608. The van der Waals surface area contributed by atoms with Crippen LogP contribution in [0.5, 0.6) is 0 Å². The molecule has 0 aromatic heterocycles. The Labute approximate surface area is 295 Å². The fraction of sp³-hybridized carbons (Fsp3) is 0.429. The molecule has 2 heterocycles. The summed E-state index contributed by atoms with van der Waals surface area (Å²) in [4.78, 5) is 31.4. The molecule has 264 valence electrons. The van der Waals surface area contributed by atoms with E-state index in [0.717, 1.165) is 60.8 Å². The predicted octanol–water partition coefficient (Wildman–Crippen LogP) is 9.02. The highest BCUT2D eigenvalue weighted by Gasteiger charge is 2.45. The van der Waals surface area contributed by atoms with Crippen LogP contribution >= 0.6 is 35.0 Å². The maximum atomic E-state index is 14.1. The Morgan fingerprint density at radius 2 is 1.51 bits per heavy atom. The Hall–Kier alpha value is -2.93. The summed E-state index contributed by atoms with van der Waals surface area (Å²) < 4.78 is 79.9. The fourth-order valence-electron chi connectivity index (χ4n) is 6.82. The number of halogens is 8. The van der Waals surface area contributed by atoms with Crippen LogP contribution in [0.2, 0.25) is 10.0 Å². The van der Waals surface area contributed by atoms with E-state index in [0.29, 0.717) is 12.1 Å². The van der Waals surface area contributed by atoms with Crippen molar-refractivity contribution < 1.29 is 35.9 Å². The van der Waals surface area contributed by atoms with Gasteiger partial charge >= 0.3 is 12.4 Å². The first kappa shape index (κ1) is 37.3. The molecule has 1 atom stereocenters. The third-order valence-corrected chi connectivity index (χ3v) is 12.0. The number of fused-ring (bicyclic) bond motifs is 2.